The molecule has 0 radical (unpaired) electrons. The number of anilines is 1. The van der Waals surface area contributed by atoms with E-state index in [1.165, 1.54) is 24.2 Å². The van der Waals surface area contributed by atoms with Gasteiger partial charge in [0.25, 0.3) is 0 Å². The Bertz CT molecular complexity index is 296. The first-order valence-electron chi connectivity index (χ1n) is 5.30. The molecule has 1 fully saturated rings. The molecule has 1 unspecified atom stereocenters. The van der Waals surface area contributed by atoms with Crippen molar-refractivity contribution in [2.45, 2.75) is 30.3 Å². The molecule has 2 N–H and O–H groups in total. The lowest BCUT2D eigenvalue weighted by atomic mass is 10.1. The molecule has 0 bridgehead atoms. The number of nitrogens with zero attached hydrogens (tertiary/aromatic N) is 1. The van der Waals surface area contributed by atoms with Gasteiger partial charge in [-0.15, -0.1) is 11.8 Å². The number of pyridine rings is 1. The molecule has 0 aliphatic carbocycles. The van der Waals surface area contributed by atoms with E-state index < -0.39 is 0 Å². The van der Waals surface area contributed by atoms with Gasteiger partial charge >= 0.3 is 0 Å². The fraction of sp³-hybridized carbons (Fsp3) is 0.545. The fourth-order valence-electron chi connectivity index (χ4n) is 1.61. The fourth-order valence-corrected chi connectivity index (χ4v) is 2.54. The van der Waals surface area contributed by atoms with Gasteiger partial charge in [-0.05, 0) is 31.4 Å². The second-order valence-corrected chi connectivity index (χ2v) is 4.81. The molecule has 3 nitrogen and oxygen atoms in total. The quantitative estimate of drug-likeness (QED) is 0.800. The lowest BCUT2D eigenvalue weighted by Gasteiger charge is -2.21. The van der Waals surface area contributed by atoms with Crippen LogP contribution in [0.15, 0.2) is 23.2 Å². The van der Waals surface area contributed by atoms with E-state index >= 15 is 0 Å². The van der Waals surface area contributed by atoms with E-state index in [9.17, 15) is 0 Å². The molecule has 0 aromatic carbocycles. The van der Waals surface area contributed by atoms with Crippen LogP contribution in [-0.2, 0) is 4.74 Å². The van der Waals surface area contributed by atoms with Crippen molar-refractivity contribution in [3.63, 3.8) is 0 Å². The van der Waals surface area contributed by atoms with Crippen molar-refractivity contribution in [1.29, 1.82) is 0 Å². The minimum atomic E-state index is 0.418. The largest absolute Gasteiger partial charge is 0.384 e. The van der Waals surface area contributed by atoms with Crippen LogP contribution in [0, 0.1) is 0 Å². The van der Waals surface area contributed by atoms with Crippen LogP contribution in [0.25, 0.3) is 0 Å². The van der Waals surface area contributed by atoms with Crippen molar-refractivity contribution in [1.82, 2.24) is 4.98 Å². The van der Waals surface area contributed by atoms with Crippen molar-refractivity contribution < 1.29 is 4.74 Å². The Balaban J connectivity index is 1.79. The third-order valence-corrected chi connectivity index (χ3v) is 3.58. The Hall–Kier alpha value is -0.740. The predicted molar refractivity (Wildman–Crippen MR) is 63.0 cm³/mol. The van der Waals surface area contributed by atoms with E-state index in [2.05, 4.69) is 4.98 Å². The van der Waals surface area contributed by atoms with Crippen molar-refractivity contribution >= 4 is 17.6 Å². The molecule has 1 atom stereocenters. The molecule has 2 rings (SSSR count). The number of nitrogen functional groups attached to an aromatic ring is 1. The number of hydrogen-bond acceptors (Lipinski definition) is 4. The number of nitrogens with two attached hydrogens (primary N) is 1. The van der Waals surface area contributed by atoms with Gasteiger partial charge in [-0.3, -0.25) is 0 Å². The first-order chi connectivity index (χ1) is 7.34. The van der Waals surface area contributed by atoms with E-state index in [1.54, 1.807) is 11.8 Å². The molecule has 0 spiro atoms. The Morgan fingerprint density at radius 1 is 1.47 bits per heavy atom. The Morgan fingerprint density at radius 3 is 3.07 bits per heavy atom. The summed E-state index contributed by atoms with van der Waals surface area (Å²) >= 11 is 1.79. The van der Waals surface area contributed by atoms with Gasteiger partial charge in [-0.2, -0.15) is 0 Å². The van der Waals surface area contributed by atoms with E-state index in [-0.39, 0.29) is 0 Å². The highest BCUT2D eigenvalue weighted by molar-refractivity contribution is 7.99. The first-order valence-corrected chi connectivity index (χ1v) is 6.29. The van der Waals surface area contributed by atoms with Crippen LogP contribution in [0.2, 0.25) is 0 Å². The lowest BCUT2D eigenvalue weighted by Crippen LogP contribution is -2.21. The summed E-state index contributed by atoms with van der Waals surface area (Å²) in [5.74, 6) is 1.60. The summed E-state index contributed by atoms with van der Waals surface area (Å²) in [6, 6.07) is 3.85. The van der Waals surface area contributed by atoms with Gasteiger partial charge in [-0.1, -0.05) is 0 Å². The SMILES string of the molecule is Nc1ccc(SCC2CCCCO2)cn1. The van der Waals surface area contributed by atoms with Crippen LogP contribution in [0.1, 0.15) is 19.3 Å². The van der Waals surface area contributed by atoms with Gasteiger partial charge < -0.3 is 10.5 Å². The zero-order valence-corrected chi connectivity index (χ0v) is 9.50. The molecule has 1 aliphatic heterocycles. The zero-order chi connectivity index (χ0) is 10.5. The summed E-state index contributed by atoms with van der Waals surface area (Å²) < 4.78 is 5.66. The van der Waals surface area contributed by atoms with Gasteiger partial charge in [0.1, 0.15) is 5.82 Å². The van der Waals surface area contributed by atoms with Crippen LogP contribution in [0.5, 0.6) is 0 Å². The second kappa shape index (κ2) is 5.37. The third kappa shape index (κ3) is 3.39. The maximum absolute atomic E-state index is 5.66. The van der Waals surface area contributed by atoms with E-state index in [1.807, 2.05) is 18.3 Å². The predicted octanol–water partition coefficient (Wildman–Crippen LogP) is 2.33. The molecule has 1 aromatic heterocycles. The minimum absolute atomic E-state index is 0.418. The van der Waals surface area contributed by atoms with Crippen LogP contribution in [-0.4, -0.2) is 23.4 Å². The molecule has 4 heteroatoms. The van der Waals surface area contributed by atoms with Gasteiger partial charge in [0.2, 0.25) is 0 Å². The summed E-state index contributed by atoms with van der Waals surface area (Å²) in [5, 5.41) is 0. The average molecular weight is 224 g/mol. The van der Waals surface area contributed by atoms with E-state index in [4.69, 9.17) is 10.5 Å². The van der Waals surface area contributed by atoms with Gasteiger partial charge in [-0.25, -0.2) is 4.98 Å². The van der Waals surface area contributed by atoms with Crippen molar-refractivity contribution in [3.05, 3.63) is 18.3 Å². The third-order valence-electron chi connectivity index (χ3n) is 2.47. The standard InChI is InChI=1S/C11H16N2OS/c12-11-5-4-10(7-13-11)15-8-9-3-1-2-6-14-9/h4-5,7,9H,1-3,6,8H2,(H2,12,13). The Kier molecular flexibility index (Phi) is 3.86. The monoisotopic (exact) mass is 224 g/mol. The smallest absolute Gasteiger partial charge is 0.123 e. The van der Waals surface area contributed by atoms with E-state index in [0.717, 1.165) is 12.4 Å². The second-order valence-electron chi connectivity index (χ2n) is 3.72. The molecule has 1 aliphatic rings. The molecule has 1 saturated heterocycles. The van der Waals surface area contributed by atoms with Crippen molar-refractivity contribution in [2.24, 2.45) is 0 Å². The normalized spacial score (nSPS) is 21.5. The zero-order valence-electron chi connectivity index (χ0n) is 8.69. The molecular formula is C11H16N2OS. The number of rotatable bonds is 3. The summed E-state index contributed by atoms with van der Waals surface area (Å²) in [4.78, 5) is 5.22. The summed E-state index contributed by atoms with van der Waals surface area (Å²) in [7, 11) is 0. The van der Waals surface area contributed by atoms with Crippen LogP contribution >= 0.6 is 11.8 Å². The first kappa shape index (κ1) is 10.8. The highest BCUT2D eigenvalue weighted by Gasteiger charge is 2.13. The number of thioether (sulfide) groups is 1. The molecular weight excluding hydrogens is 208 g/mol. The molecule has 0 amide bonds. The maximum atomic E-state index is 5.66. The van der Waals surface area contributed by atoms with Crippen LogP contribution in [0.3, 0.4) is 0 Å². The van der Waals surface area contributed by atoms with Crippen LogP contribution in [0.4, 0.5) is 5.82 Å². The highest BCUT2D eigenvalue weighted by Crippen LogP contribution is 2.23. The summed E-state index contributed by atoms with van der Waals surface area (Å²) in [6.07, 6.45) is 5.94. The van der Waals surface area contributed by atoms with Gasteiger partial charge in [0, 0.05) is 23.5 Å². The van der Waals surface area contributed by atoms with Crippen molar-refractivity contribution in [3.8, 4) is 0 Å². The average Bonchev–Trinajstić information content (AvgIpc) is 2.30. The van der Waals surface area contributed by atoms with Crippen molar-refractivity contribution in [2.75, 3.05) is 18.1 Å². The number of aromatic nitrogens is 1. The molecule has 82 valence electrons. The Morgan fingerprint density at radius 2 is 2.40 bits per heavy atom. The topological polar surface area (TPSA) is 48.1 Å². The minimum Gasteiger partial charge on any atom is -0.384 e. The summed E-state index contributed by atoms with van der Waals surface area (Å²) in [6.45, 7) is 0.922. The molecule has 15 heavy (non-hydrogen) atoms. The van der Waals surface area contributed by atoms with Gasteiger partial charge in [0.15, 0.2) is 0 Å². The number of ether oxygens (including phenoxy) is 1. The molecule has 1 aromatic rings. The molecule has 2 heterocycles. The number of hydrogen-bond donors (Lipinski definition) is 1. The summed E-state index contributed by atoms with van der Waals surface area (Å²) in [5.41, 5.74) is 5.52. The maximum Gasteiger partial charge on any atom is 0.123 e. The van der Waals surface area contributed by atoms with Crippen LogP contribution < -0.4 is 5.73 Å². The lowest BCUT2D eigenvalue weighted by molar-refractivity contribution is 0.0315. The van der Waals surface area contributed by atoms with Gasteiger partial charge in [0.05, 0.1) is 6.10 Å². The van der Waals surface area contributed by atoms with E-state index in [0.29, 0.717) is 11.9 Å². The molecule has 0 saturated carbocycles. The Labute approximate surface area is 94.4 Å². The highest BCUT2D eigenvalue weighted by atomic mass is 32.2.